The molecule has 2 heterocycles. The van der Waals surface area contributed by atoms with Crippen LogP contribution in [0.1, 0.15) is 11.4 Å². The molecule has 0 aliphatic carbocycles. The summed E-state index contributed by atoms with van der Waals surface area (Å²) < 4.78 is 5.28. The zero-order valence-corrected chi connectivity index (χ0v) is 15.5. The lowest BCUT2D eigenvalue weighted by Gasteiger charge is -2.16. The molecule has 2 aromatic carbocycles. The van der Waals surface area contributed by atoms with Crippen molar-refractivity contribution < 1.29 is 9.32 Å². The largest absolute Gasteiger partial charge is 0.334 e. The van der Waals surface area contributed by atoms with Gasteiger partial charge in [0.15, 0.2) is 5.82 Å². The van der Waals surface area contributed by atoms with Crippen LogP contribution in [0, 0.1) is 0 Å². The van der Waals surface area contributed by atoms with Gasteiger partial charge in [0.1, 0.15) is 0 Å². The molecular weight excluding hydrogens is 370 g/mol. The SMILES string of the molecule is O=C(CSCc1noc(-c2ccccc2Cl)n1)N1CCc2ccccc21. The first-order chi connectivity index (χ1) is 12.7. The van der Waals surface area contributed by atoms with Crippen molar-refractivity contribution in [3.8, 4) is 11.5 Å². The molecule has 4 rings (SSSR count). The van der Waals surface area contributed by atoms with Gasteiger partial charge in [-0.2, -0.15) is 4.98 Å². The summed E-state index contributed by atoms with van der Waals surface area (Å²) in [7, 11) is 0. The van der Waals surface area contributed by atoms with Crippen LogP contribution in [0.2, 0.25) is 5.02 Å². The molecule has 0 unspecified atom stereocenters. The van der Waals surface area contributed by atoms with E-state index in [1.165, 1.54) is 17.3 Å². The second-order valence-corrected chi connectivity index (χ2v) is 7.31. The lowest BCUT2D eigenvalue weighted by molar-refractivity contribution is -0.116. The van der Waals surface area contributed by atoms with Crippen LogP contribution in [0.25, 0.3) is 11.5 Å². The van der Waals surface area contributed by atoms with Gasteiger partial charge in [0.25, 0.3) is 5.89 Å². The first-order valence-electron chi connectivity index (χ1n) is 8.26. The van der Waals surface area contributed by atoms with Gasteiger partial charge in [0.2, 0.25) is 5.91 Å². The van der Waals surface area contributed by atoms with Crippen LogP contribution >= 0.6 is 23.4 Å². The van der Waals surface area contributed by atoms with Crippen molar-refractivity contribution in [2.75, 3.05) is 17.2 Å². The minimum absolute atomic E-state index is 0.106. The average molecular weight is 386 g/mol. The maximum absolute atomic E-state index is 12.5. The monoisotopic (exact) mass is 385 g/mol. The summed E-state index contributed by atoms with van der Waals surface area (Å²) in [6, 6.07) is 15.4. The van der Waals surface area contributed by atoms with Crippen molar-refractivity contribution in [1.82, 2.24) is 10.1 Å². The standard InChI is InChI=1S/C19H16ClN3O2S/c20-15-7-3-2-6-14(15)19-21-17(22-25-19)11-26-12-18(24)23-10-9-13-5-1-4-8-16(13)23/h1-8H,9-12H2. The van der Waals surface area contributed by atoms with Crippen molar-refractivity contribution in [3.63, 3.8) is 0 Å². The van der Waals surface area contributed by atoms with Crippen molar-refractivity contribution in [2.45, 2.75) is 12.2 Å². The van der Waals surface area contributed by atoms with E-state index >= 15 is 0 Å². The molecular formula is C19H16ClN3O2S. The van der Waals surface area contributed by atoms with Crippen molar-refractivity contribution >= 4 is 35.0 Å². The van der Waals surface area contributed by atoms with Gasteiger partial charge in [-0.25, -0.2) is 0 Å². The van der Waals surface area contributed by atoms with E-state index in [-0.39, 0.29) is 5.91 Å². The van der Waals surface area contributed by atoms with Gasteiger partial charge in [-0.3, -0.25) is 4.79 Å². The molecule has 0 saturated carbocycles. The second kappa shape index (κ2) is 7.51. The van der Waals surface area contributed by atoms with E-state index in [1.807, 2.05) is 41.3 Å². The third-order valence-electron chi connectivity index (χ3n) is 4.22. The molecule has 0 bridgehead atoms. The van der Waals surface area contributed by atoms with Gasteiger partial charge >= 0.3 is 0 Å². The quantitative estimate of drug-likeness (QED) is 0.658. The molecule has 1 aromatic heterocycles. The number of hydrogen-bond donors (Lipinski definition) is 0. The molecule has 5 nitrogen and oxygen atoms in total. The Balaban J connectivity index is 1.34. The Bertz CT molecular complexity index is 944. The summed E-state index contributed by atoms with van der Waals surface area (Å²) in [6.07, 6.45) is 0.915. The Morgan fingerprint density at radius 2 is 2.00 bits per heavy atom. The number of thioether (sulfide) groups is 1. The average Bonchev–Trinajstić information content (AvgIpc) is 3.29. The highest BCUT2D eigenvalue weighted by atomic mass is 35.5. The number of benzene rings is 2. The van der Waals surface area contributed by atoms with Crippen LogP contribution in [0.4, 0.5) is 5.69 Å². The smallest absolute Gasteiger partial charge is 0.259 e. The number of anilines is 1. The number of halogens is 1. The highest BCUT2D eigenvalue weighted by molar-refractivity contribution is 7.99. The molecule has 26 heavy (non-hydrogen) atoms. The molecule has 132 valence electrons. The Morgan fingerprint density at radius 1 is 1.19 bits per heavy atom. The van der Waals surface area contributed by atoms with E-state index < -0.39 is 0 Å². The number of rotatable bonds is 5. The lowest BCUT2D eigenvalue weighted by atomic mass is 10.2. The molecule has 0 N–H and O–H groups in total. The predicted molar refractivity (Wildman–Crippen MR) is 103 cm³/mol. The minimum atomic E-state index is 0.106. The molecule has 0 spiro atoms. The predicted octanol–water partition coefficient (Wildman–Crippen LogP) is 4.21. The molecule has 7 heteroatoms. The minimum Gasteiger partial charge on any atom is -0.334 e. The number of carbonyl (C=O) groups is 1. The Labute approximate surface area is 160 Å². The number of aromatic nitrogens is 2. The first kappa shape index (κ1) is 17.1. The maximum atomic E-state index is 12.5. The maximum Gasteiger partial charge on any atom is 0.259 e. The highest BCUT2D eigenvalue weighted by Crippen LogP contribution is 2.29. The molecule has 1 aliphatic rings. The number of nitrogens with zero attached hydrogens (tertiary/aromatic N) is 3. The van der Waals surface area contributed by atoms with Gasteiger partial charge in [0.05, 0.1) is 22.1 Å². The molecule has 1 amide bonds. The van der Waals surface area contributed by atoms with Gasteiger partial charge in [0, 0.05) is 12.2 Å². The fraction of sp³-hybridized carbons (Fsp3) is 0.211. The summed E-state index contributed by atoms with van der Waals surface area (Å²) in [6.45, 7) is 0.748. The van der Waals surface area contributed by atoms with Crippen LogP contribution in [0.3, 0.4) is 0 Å². The van der Waals surface area contributed by atoms with Crippen molar-refractivity contribution in [3.05, 3.63) is 64.9 Å². The van der Waals surface area contributed by atoms with Crippen molar-refractivity contribution in [1.29, 1.82) is 0 Å². The normalized spacial score (nSPS) is 13.0. The third kappa shape index (κ3) is 3.48. The van der Waals surface area contributed by atoms with E-state index in [9.17, 15) is 4.79 Å². The molecule has 1 aliphatic heterocycles. The molecule has 0 atom stereocenters. The highest BCUT2D eigenvalue weighted by Gasteiger charge is 2.24. The van der Waals surface area contributed by atoms with E-state index in [0.717, 1.165) is 18.7 Å². The molecule has 0 radical (unpaired) electrons. The summed E-state index contributed by atoms with van der Waals surface area (Å²) in [5, 5.41) is 4.54. The number of fused-ring (bicyclic) bond motifs is 1. The fourth-order valence-corrected chi connectivity index (χ4v) is 3.91. The molecule has 0 fully saturated rings. The Hall–Kier alpha value is -2.31. The Morgan fingerprint density at radius 3 is 2.88 bits per heavy atom. The first-order valence-corrected chi connectivity index (χ1v) is 9.79. The van der Waals surface area contributed by atoms with Gasteiger partial charge in [-0.05, 0) is 30.2 Å². The zero-order valence-electron chi connectivity index (χ0n) is 13.9. The number of amides is 1. The third-order valence-corrected chi connectivity index (χ3v) is 5.46. The van der Waals surface area contributed by atoms with E-state index in [2.05, 4.69) is 16.2 Å². The summed E-state index contributed by atoms with van der Waals surface area (Å²) >= 11 is 7.62. The Kier molecular flexibility index (Phi) is 4.95. The number of para-hydroxylation sites is 1. The fourth-order valence-electron chi connectivity index (χ4n) is 2.96. The topological polar surface area (TPSA) is 59.2 Å². The van der Waals surface area contributed by atoms with Gasteiger partial charge < -0.3 is 9.42 Å². The number of carbonyl (C=O) groups excluding carboxylic acids is 1. The van der Waals surface area contributed by atoms with E-state index in [4.69, 9.17) is 16.1 Å². The van der Waals surface area contributed by atoms with Gasteiger partial charge in [-0.1, -0.05) is 47.1 Å². The van der Waals surface area contributed by atoms with Crippen LogP contribution < -0.4 is 4.90 Å². The van der Waals surface area contributed by atoms with Crippen LogP contribution in [0.15, 0.2) is 53.1 Å². The van der Waals surface area contributed by atoms with Crippen LogP contribution in [-0.4, -0.2) is 28.3 Å². The summed E-state index contributed by atoms with van der Waals surface area (Å²) in [5.41, 5.74) is 2.97. The molecule has 0 saturated heterocycles. The molecule has 3 aromatic rings. The number of hydrogen-bond acceptors (Lipinski definition) is 5. The van der Waals surface area contributed by atoms with Crippen molar-refractivity contribution in [2.24, 2.45) is 0 Å². The van der Waals surface area contributed by atoms with Gasteiger partial charge in [-0.15, -0.1) is 11.8 Å². The lowest BCUT2D eigenvalue weighted by Crippen LogP contribution is -2.30. The summed E-state index contributed by atoms with van der Waals surface area (Å²) in [4.78, 5) is 18.7. The van der Waals surface area contributed by atoms with Crippen LogP contribution in [0.5, 0.6) is 0 Å². The van der Waals surface area contributed by atoms with E-state index in [1.54, 1.807) is 6.07 Å². The summed E-state index contributed by atoms with van der Waals surface area (Å²) in [5.74, 6) is 1.94. The van der Waals surface area contributed by atoms with Crippen LogP contribution in [-0.2, 0) is 17.0 Å². The van der Waals surface area contributed by atoms with E-state index in [0.29, 0.717) is 33.8 Å². The second-order valence-electron chi connectivity index (χ2n) is 5.91. The zero-order chi connectivity index (χ0) is 17.9.